The summed E-state index contributed by atoms with van der Waals surface area (Å²) in [6.45, 7) is 24.7. The third-order valence-corrected chi connectivity index (χ3v) is 7.17. The van der Waals surface area contributed by atoms with Gasteiger partial charge in [-0.15, -0.1) is 0 Å². The van der Waals surface area contributed by atoms with E-state index in [0.717, 1.165) is 19.3 Å². The topological polar surface area (TPSA) is 97.6 Å². The molecule has 7 heteroatoms. The van der Waals surface area contributed by atoms with Gasteiger partial charge >= 0.3 is 0 Å². The lowest BCUT2D eigenvalue weighted by Crippen LogP contribution is -2.48. The molecule has 0 aromatic rings. The molecule has 212 valence electrons. The number of aliphatic hydroxyl groups is 2. The molecular weight excluding hydrogens is 448 g/mol. The summed E-state index contributed by atoms with van der Waals surface area (Å²) in [5.74, 6) is 0.0781. The average Bonchev–Trinajstić information content (AvgIpc) is 2.69. The van der Waals surface area contributed by atoms with E-state index in [2.05, 4.69) is 46.4 Å². The minimum atomic E-state index is -0.887. The summed E-state index contributed by atoms with van der Waals surface area (Å²) in [7, 11) is 0. The second-order valence-electron chi connectivity index (χ2n) is 13.3. The van der Waals surface area contributed by atoms with Crippen LogP contribution >= 0.6 is 0 Å². The van der Waals surface area contributed by atoms with Crippen LogP contribution in [0.1, 0.15) is 122 Å². The van der Waals surface area contributed by atoms with E-state index >= 15 is 0 Å². The van der Waals surface area contributed by atoms with Crippen LogP contribution in [-0.2, 0) is 19.1 Å². The lowest BCUT2D eigenvalue weighted by molar-refractivity contribution is -0.316. The van der Waals surface area contributed by atoms with E-state index in [0.29, 0.717) is 32.5 Å². The highest BCUT2D eigenvalue weighted by Crippen LogP contribution is 2.40. The summed E-state index contributed by atoms with van der Waals surface area (Å²) < 4.78 is 19.0. The maximum atomic E-state index is 10.6. The normalized spacial score (nSPS) is 18.3. The Labute approximate surface area is 215 Å². The Morgan fingerprint density at radius 2 is 1.09 bits per heavy atom. The van der Waals surface area contributed by atoms with Crippen LogP contribution in [-0.4, -0.2) is 68.9 Å². The van der Waals surface area contributed by atoms with Gasteiger partial charge in [-0.2, -0.15) is 0 Å². The highest BCUT2D eigenvalue weighted by Gasteiger charge is 2.42. The molecule has 0 amide bonds. The van der Waals surface area contributed by atoms with E-state index in [9.17, 15) is 10.2 Å². The zero-order valence-electron chi connectivity index (χ0n) is 24.9. The highest BCUT2D eigenvalue weighted by molar-refractivity contribution is 4.92. The third-order valence-electron chi connectivity index (χ3n) is 7.17. The van der Waals surface area contributed by atoms with Gasteiger partial charge in [-0.25, -0.2) is 4.89 Å². The highest BCUT2D eigenvalue weighted by atomic mass is 17.1. The van der Waals surface area contributed by atoms with Gasteiger partial charge in [-0.3, -0.25) is 5.26 Å². The summed E-state index contributed by atoms with van der Waals surface area (Å²) in [4.78, 5) is 4.55. The molecular formula is C28H58O7. The van der Waals surface area contributed by atoms with Crippen LogP contribution in [0.2, 0.25) is 0 Å². The Bertz CT molecular complexity index is 593. The van der Waals surface area contributed by atoms with Gasteiger partial charge in [0.1, 0.15) is 0 Å². The van der Waals surface area contributed by atoms with Crippen molar-refractivity contribution in [3.63, 3.8) is 0 Å². The SMILES string of the molecule is CCC(C)(O)COC(C)(CC)C(CC(C)(C)OCCC(C)(C)O)CC(C)(C)OCCC(C)(C)OO. The second kappa shape index (κ2) is 13.5. The van der Waals surface area contributed by atoms with E-state index in [-0.39, 0.29) is 12.5 Å². The van der Waals surface area contributed by atoms with Gasteiger partial charge in [0, 0.05) is 6.42 Å². The van der Waals surface area contributed by atoms with E-state index in [4.69, 9.17) is 19.5 Å². The van der Waals surface area contributed by atoms with Gasteiger partial charge in [-0.1, -0.05) is 13.8 Å². The summed E-state index contributed by atoms with van der Waals surface area (Å²) in [5.41, 5.74) is -3.72. The Morgan fingerprint density at radius 1 is 0.629 bits per heavy atom. The summed E-state index contributed by atoms with van der Waals surface area (Å²) in [6, 6.07) is 0. The maximum absolute atomic E-state index is 10.6. The monoisotopic (exact) mass is 506 g/mol. The second-order valence-corrected chi connectivity index (χ2v) is 13.3. The zero-order valence-corrected chi connectivity index (χ0v) is 24.9. The molecule has 0 rings (SSSR count). The van der Waals surface area contributed by atoms with E-state index in [1.807, 2.05) is 20.8 Å². The lowest BCUT2D eigenvalue weighted by atomic mass is 9.74. The molecule has 3 unspecified atom stereocenters. The molecule has 0 radical (unpaired) electrons. The fourth-order valence-electron chi connectivity index (χ4n) is 3.94. The molecule has 0 saturated heterocycles. The fraction of sp³-hybridized carbons (Fsp3) is 1.00. The van der Waals surface area contributed by atoms with Gasteiger partial charge in [-0.05, 0) is 107 Å². The fourth-order valence-corrected chi connectivity index (χ4v) is 3.94. The first-order chi connectivity index (χ1) is 15.6. The quantitative estimate of drug-likeness (QED) is 0.143. The largest absolute Gasteiger partial charge is 0.390 e. The summed E-state index contributed by atoms with van der Waals surface area (Å²) in [5, 5.41) is 29.8. The molecule has 3 N–H and O–H groups in total. The van der Waals surface area contributed by atoms with Crippen molar-refractivity contribution in [3.05, 3.63) is 0 Å². The first-order valence-electron chi connectivity index (χ1n) is 13.3. The molecule has 0 spiro atoms. The molecule has 0 aromatic heterocycles. The number of hydrogen-bond acceptors (Lipinski definition) is 7. The van der Waals surface area contributed by atoms with Crippen LogP contribution in [0.15, 0.2) is 0 Å². The van der Waals surface area contributed by atoms with Crippen molar-refractivity contribution in [2.24, 2.45) is 5.92 Å². The minimum absolute atomic E-state index is 0.0781. The summed E-state index contributed by atoms with van der Waals surface area (Å²) in [6.07, 6.45) is 3.96. The van der Waals surface area contributed by atoms with E-state index in [1.165, 1.54) is 0 Å². The first-order valence-corrected chi connectivity index (χ1v) is 13.3. The summed E-state index contributed by atoms with van der Waals surface area (Å²) >= 11 is 0. The van der Waals surface area contributed by atoms with Crippen molar-refractivity contribution < 1.29 is 34.6 Å². The molecule has 0 heterocycles. The van der Waals surface area contributed by atoms with Crippen molar-refractivity contribution in [2.75, 3.05) is 19.8 Å². The minimum Gasteiger partial charge on any atom is -0.390 e. The van der Waals surface area contributed by atoms with Crippen molar-refractivity contribution in [1.82, 2.24) is 0 Å². The van der Waals surface area contributed by atoms with Gasteiger partial charge in [0.25, 0.3) is 0 Å². The molecule has 0 bridgehead atoms. The smallest absolute Gasteiger partial charge is 0.0999 e. The van der Waals surface area contributed by atoms with E-state index in [1.54, 1.807) is 20.8 Å². The molecule has 0 aliphatic rings. The van der Waals surface area contributed by atoms with E-state index < -0.39 is 33.6 Å². The molecule has 0 aliphatic carbocycles. The van der Waals surface area contributed by atoms with Crippen LogP contribution < -0.4 is 0 Å². The van der Waals surface area contributed by atoms with Gasteiger partial charge < -0.3 is 24.4 Å². The number of ether oxygens (including phenoxy) is 3. The number of hydrogen-bond donors (Lipinski definition) is 3. The lowest BCUT2D eigenvalue weighted by Gasteiger charge is -2.45. The molecule has 3 atom stereocenters. The van der Waals surface area contributed by atoms with Crippen molar-refractivity contribution >= 4 is 0 Å². The predicted octanol–water partition coefficient (Wildman–Crippen LogP) is 6.14. The standard InChI is InChI=1S/C28H58O7/c1-13-27(11,30)21-34-28(12,14-2)22(19-25(7,8)32-17-15-23(3,4)29)20-26(9,10)33-18-16-24(5,6)35-31/h22,29-31H,13-21H2,1-12H3. The molecule has 35 heavy (non-hydrogen) atoms. The van der Waals surface area contributed by atoms with Crippen LogP contribution in [0.5, 0.6) is 0 Å². The molecule has 0 fully saturated rings. The zero-order chi connectivity index (χ0) is 27.8. The Kier molecular flexibility index (Phi) is 13.4. The maximum Gasteiger partial charge on any atom is 0.0999 e. The van der Waals surface area contributed by atoms with Gasteiger partial charge in [0.2, 0.25) is 0 Å². The molecule has 0 saturated carbocycles. The first kappa shape index (κ1) is 34.7. The molecule has 0 aliphatic heterocycles. The average molecular weight is 507 g/mol. The van der Waals surface area contributed by atoms with Gasteiger partial charge in [0.05, 0.1) is 53.4 Å². The van der Waals surface area contributed by atoms with Crippen molar-refractivity contribution in [3.8, 4) is 0 Å². The molecule has 7 nitrogen and oxygen atoms in total. The van der Waals surface area contributed by atoms with Crippen molar-refractivity contribution in [2.45, 2.75) is 155 Å². The van der Waals surface area contributed by atoms with Crippen LogP contribution in [0.4, 0.5) is 0 Å². The van der Waals surface area contributed by atoms with Crippen LogP contribution in [0.25, 0.3) is 0 Å². The Morgan fingerprint density at radius 3 is 1.46 bits per heavy atom. The van der Waals surface area contributed by atoms with Gasteiger partial charge in [0.15, 0.2) is 0 Å². The molecule has 0 aromatic carbocycles. The number of rotatable bonds is 19. The Hall–Kier alpha value is -0.280. The predicted molar refractivity (Wildman–Crippen MR) is 142 cm³/mol. The van der Waals surface area contributed by atoms with Crippen LogP contribution in [0, 0.1) is 5.92 Å². The Balaban J connectivity index is 5.68. The third kappa shape index (κ3) is 14.9. The van der Waals surface area contributed by atoms with Crippen LogP contribution in [0.3, 0.4) is 0 Å². The van der Waals surface area contributed by atoms with Crippen molar-refractivity contribution in [1.29, 1.82) is 0 Å².